The van der Waals surface area contributed by atoms with Gasteiger partial charge in [-0.25, -0.2) is 14.6 Å². The minimum absolute atomic E-state index is 0.0278. The lowest BCUT2D eigenvalue weighted by molar-refractivity contribution is 0.00941. The number of piperazine rings is 1. The van der Waals surface area contributed by atoms with Crippen LogP contribution in [-0.4, -0.2) is 76.4 Å². The Morgan fingerprint density at radius 3 is 2.33 bits per heavy atom. The molecule has 2 saturated heterocycles. The van der Waals surface area contributed by atoms with E-state index in [9.17, 15) is 9.59 Å². The molecule has 0 radical (unpaired) electrons. The molecule has 2 unspecified atom stereocenters. The van der Waals surface area contributed by atoms with Crippen molar-refractivity contribution >= 4 is 24.0 Å². The molecule has 2 aliphatic heterocycles. The fourth-order valence-electron chi connectivity index (χ4n) is 5.73. The molecular weight excluding hydrogens is 532 g/mol. The minimum atomic E-state index is -0.482. The number of amides is 2. The van der Waals surface area contributed by atoms with Gasteiger partial charge in [0.2, 0.25) is 5.95 Å². The number of hydrogen-bond donors (Lipinski definition) is 1. The molecule has 5 rings (SSSR count). The largest absolute Gasteiger partial charge is 0.447 e. The molecule has 0 bridgehead atoms. The maximum atomic E-state index is 12.6. The summed E-state index contributed by atoms with van der Waals surface area (Å²) in [6, 6.07) is 10.9. The summed E-state index contributed by atoms with van der Waals surface area (Å²) in [4.78, 5) is 40.0. The molecule has 3 heterocycles. The third kappa shape index (κ3) is 7.32. The lowest BCUT2D eigenvalue weighted by atomic mass is 9.96. The van der Waals surface area contributed by atoms with E-state index in [1.54, 1.807) is 17.2 Å². The zero-order chi connectivity index (χ0) is 30.0. The summed E-state index contributed by atoms with van der Waals surface area (Å²) in [6.45, 7) is 15.4. The number of nitrogens with one attached hydrogen (secondary N) is 1. The standard InChI is InChI=1S/C32H46N6O4/c1-21(2)27-20-41-31(40)38(27)28-13-14-33-29(35-28)34-22(3)24-9-11-25(12-10-24)26(19-23-7-8-23)36-15-17-37(18-16-36)30(39)42-32(4,5)6/h9-14,21-23,26-27H,7-8,15-20H2,1-6H3,(H,33,34,35)/t22?,26?,27-/m1/s1. The van der Waals surface area contributed by atoms with Gasteiger partial charge in [-0.2, -0.15) is 4.98 Å². The van der Waals surface area contributed by atoms with Crippen molar-refractivity contribution < 1.29 is 19.1 Å². The van der Waals surface area contributed by atoms with Crippen LogP contribution in [0.2, 0.25) is 0 Å². The molecule has 42 heavy (non-hydrogen) atoms. The van der Waals surface area contributed by atoms with Gasteiger partial charge in [-0.05, 0) is 63.1 Å². The average molecular weight is 579 g/mol. The van der Waals surface area contributed by atoms with E-state index in [1.807, 2.05) is 25.7 Å². The molecule has 2 amide bonds. The van der Waals surface area contributed by atoms with E-state index in [0.29, 0.717) is 37.5 Å². The van der Waals surface area contributed by atoms with Gasteiger partial charge in [0.15, 0.2) is 0 Å². The van der Waals surface area contributed by atoms with Gasteiger partial charge in [0.25, 0.3) is 0 Å². The van der Waals surface area contributed by atoms with E-state index in [0.717, 1.165) is 31.0 Å². The van der Waals surface area contributed by atoms with E-state index < -0.39 is 5.60 Å². The van der Waals surface area contributed by atoms with Crippen LogP contribution < -0.4 is 10.2 Å². The Labute approximate surface area is 249 Å². The van der Waals surface area contributed by atoms with Gasteiger partial charge in [-0.1, -0.05) is 51.0 Å². The second kappa shape index (κ2) is 12.5. The van der Waals surface area contributed by atoms with Gasteiger partial charge >= 0.3 is 12.2 Å². The summed E-state index contributed by atoms with van der Waals surface area (Å²) < 4.78 is 10.9. The number of ether oxygens (including phenoxy) is 2. The quantitative estimate of drug-likeness (QED) is 0.385. The van der Waals surface area contributed by atoms with Crippen LogP contribution in [0.1, 0.15) is 84.0 Å². The van der Waals surface area contributed by atoms with Crippen molar-refractivity contribution in [3.05, 3.63) is 47.7 Å². The summed E-state index contributed by atoms with van der Waals surface area (Å²) in [5.74, 6) is 2.05. The molecule has 1 aliphatic carbocycles. The zero-order valence-electron chi connectivity index (χ0n) is 25.9. The normalized spacial score (nSPS) is 21.3. The Hall–Kier alpha value is -3.40. The molecular formula is C32H46N6O4. The first-order chi connectivity index (χ1) is 20.0. The van der Waals surface area contributed by atoms with E-state index in [2.05, 4.69) is 65.2 Å². The second-order valence-corrected chi connectivity index (χ2v) is 13.2. The second-order valence-electron chi connectivity index (χ2n) is 13.2. The molecule has 10 nitrogen and oxygen atoms in total. The van der Waals surface area contributed by atoms with Crippen LogP contribution in [0.25, 0.3) is 0 Å². The summed E-state index contributed by atoms with van der Waals surface area (Å²) in [6.07, 6.45) is 4.85. The molecule has 0 spiro atoms. The molecule has 3 aliphatic rings. The van der Waals surface area contributed by atoms with Crippen LogP contribution in [-0.2, 0) is 9.47 Å². The summed E-state index contributed by atoms with van der Waals surface area (Å²) >= 11 is 0. The molecule has 1 N–H and O–H groups in total. The topological polar surface area (TPSA) is 100 Å². The Balaban J connectivity index is 1.23. The highest BCUT2D eigenvalue weighted by atomic mass is 16.6. The average Bonchev–Trinajstić information content (AvgIpc) is 3.69. The number of carbonyl (C=O) groups excluding carboxylic acids is 2. The first kappa shape index (κ1) is 30.1. The van der Waals surface area contributed by atoms with Gasteiger partial charge in [-0.3, -0.25) is 9.80 Å². The monoisotopic (exact) mass is 578 g/mol. The molecule has 3 fully saturated rings. The van der Waals surface area contributed by atoms with Crippen LogP contribution in [0.5, 0.6) is 0 Å². The van der Waals surface area contributed by atoms with E-state index in [-0.39, 0.29) is 30.2 Å². The maximum absolute atomic E-state index is 12.6. The summed E-state index contributed by atoms with van der Waals surface area (Å²) in [5.41, 5.74) is 1.96. The Kier molecular flexibility index (Phi) is 8.92. The first-order valence-electron chi connectivity index (χ1n) is 15.4. The molecule has 1 saturated carbocycles. The molecule has 1 aromatic carbocycles. The van der Waals surface area contributed by atoms with Gasteiger partial charge in [-0.15, -0.1) is 0 Å². The van der Waals surface area contributed by atoms with E-state index >= 15 is 0 Å². The number of cyclic esters (lactones) is 1. The number of rotatable bonds is 9. The van der Waals surface area contributed by atoms with E-state index in [1.165, 1.54) is 18.4 Å². The third-order valence-corrected chi connectivity index (χ3v) is 8.39. The van der Waals surface area contributed by atoms with Gasteiger partial charge in [0.1, 0.15) is 18.0 Å². The van der Waals surface area contributed by atoms with E-state index in [4.69, 9.17) is 9.47 Å². The van der Waals surface area contributed by atoms with Gasteiger partial charge < -0.3 is 19.7 Å². The fraction of sp³-hybridized carbons (Fsp3) is 0.625. The predicted molar refractivity (Wildman–Crippen MR) is 162 cm³/mol. The van der Waals surface area contributed by atoms with Crippen LogP contribution in [0.4, 0.5) is 21.4 Å². The van der Waals surface area contributed by atoms with Crippen molar-refractivity contribution in [3.8, 4) is 0 Å². The Bertz CT molecular complexity index is 1230. The van der Waals surface area contributed by atoms with Crippen LogP contribution in [0.15, 0.2) is 36.5 Å². The number of carbonyl (C=O) groups is 2. The smallest absolute Gasteiger partial charge is 0.415 e. The maximum Gasteiger partial charge on any atom is 0.415 e. The van der Waals surface area contributed by atoms with Crippen molar-refractivity contribution in [2.24, 2.45) is 11.8 Å². The number of aromatic nitrogens is 2. The molecule has 10 heteroatoms. The fourth-order valence-corrected chi connectivity index (χ4v) is 5.73. The molecule has 1 aromatic heterocycles. The van der Waals surface area contributed by atoms with Gasteiger partial charge in [0, 0.05) is 38.4 Å². The lowest BCUT2D eigenvalue weighted by Gasteiger charge is -2.40. The van der Waals surface area contributed by atoms with Gasteiger partial charge in [0.05, 0.1) is 12.1 Å². The minimum Gasteiger partial charge on any atom is -0.447 e. The molecule has 2 aromatic rings. The highest BCUT2D eigenvalue weighted by molar-refractivity contribution is 5.89. The predicted octanol–water partition coefficient (Wildman–Crippen LogP) is 6.02. The van der Waals surface area contributed by atoms with Crippen molar-refractivity contribution in [1.29, 1.82) is 0 Å². The zero-order valence-corrected chi connectivity index (χ0v) is 25.9. The lowest BCUT2D eigenvalue weighted by Crippen LogP contribution is -2.50. The summed E-state index contributed by atoms with van der Waals surface area (Å²) in [5, 5.41) is 3.41. The molecule has 3 atom stereocenters. The third-order valence-electron chi connectivity index (χ3n) is 8.39. The summed E-state index contributed by atoms with van der Waals surface area (Å²) in [7, 11) is 0. The van der Waals surface area contributed by atoms with Crippen molar-refractivity contribution in [2.75, 3.05) is 43.0 Å². The SMILES string of the molecule is CC(Nc1nccc(N2C(=O)OC[C@@H]2C(C)C)n1)c1ccc(C(CC2CC2)N2CCN(C(=O)OC(C)(C)C)CC2)cc1. The van der Waals surface area contributed by atoms with Crippen LogP contribution in [0, 0.1) is 11.8 Å². The van der Waals surface area contributed by atoms with Crippen molar-refractivity contribution in [2.45, 2.75) is 84.5 Å². The molecule has 228 valence electrons. The Morgan fingerprint density at radius 2 is 1.71 bits per heavy atom. The van der Waals surface area contributed by atoms with Crippen molar-refractivity contribution in [1.82, 2.24) is 19.8 Å². The number of nitrogens with zero attached hydrogens (tertiary/aromatic N) is 5. The van der Waals surface area contributed by atoms with Crippen LogP contribution >= 0.6 is 0 Å². The first-order valence-corrected chi connectivity index (χ1v) is 15.4. The van der Waals surface area contributed by atoms with Crippen LogP contribution in [0.3, 0.4) is 0 Å². The van der Waals surface area contributed by atoms with Crippen molar-refractivity contribution in [3.63, 3.8) is 0 Å². The highest BCUT2D eigenvalue weighted by Crippen LogP contribution is 2.40. The number of benzene rings is 1. The number of hydrogen-bond acceptors (Lipinski definition) is 8. The Morgan fingerprint density at radius 1 is 1.05 bits per heavy atom. The highest BCUT2D eigenvalue weighted by Gasteiger charge is 2.37. The number of anilines is 2.